The van der Waals surface area contributed by atoms with Crippen molar-refractivity contribution in [2.24, 2.45) is 17.8 Å². The van der Waals surface area contributed by atoms with E-state index in [1.165, 1.54) is 28.5 Å². The summed E-state index contributed by atoms with van der Waals surface area (Å²) in [6.07, 6.45) is 0. The third-order valence-electron chi connectivity index (χ3n) is 6.70. The van der Waals surface area contributed by atoms with Crippen molar-refractivity contribution < 1.29 is 9.18 Å². The zero-order valence-corrected chi connectivity index (χ0v) is 16.5. The smallest absolute Gasteiger partial charge is 0.224 e. The standard InChI is InChI=1S/C25H25FN2O/c1-16(20-11-5-8-18-7-2-3-10-21(18)20)28-14-22-23(15-28)24(22)25(29)27-13-17-6-4-9-19(26)12-17/h2-12,16,22-24H,13-15H2,1H3,(H,27,29)/t16?,22-,23+,24+. The van der Waals surface area contributed by atoms with Gasteiger partial charge in [-0.1, -0.05) is 54.6 Å². The number of nitrogens with one attached hydrogen (secondary N) is 1. The van der Waals surface area contributed by atoms with Crippen molar-refractivity contribution >= 4 is 16.7 Å². The zero-order valence-electron chi connectivity index (χ0n) is 16.5. The van der Waals surface area contributed by atoms with Gasteiger partial charge in [-0.15, -0.1) is 0 Å². The Balaban J connectivity index is 1.20. The van der Waals surface area contributed by atoms with Crippen molar-refractivity contribution in [1.82, 2.24) is 10.2 Å². The van der Waals surface area contributed by atoms with Crippen LogP contribution < -0.4 is 5.32 Å². The first-order valence-electron chi connectivity index (χ1n) is 10.4. The first-order valence-corrected chi connectivity index (χ1v) is 10.4. The second-order valence-electron chi connectivity index (χ2n) is 8.40. The van der Waals surface area contributed by atoms with Crippen LogP contribution in [0.3, 0.4) is 0 Å². The fourth-order valence-electron chi connectivity index (χ4n) is 5.03. The van der Waals surface area contributed by atoms with E-state index in [2.05, 4.69) is 59.6 Å². The number of rotatable bonds is 5. The number of hydrogen-bond acceptors (Lipinski definition) is 2. The summed E-state index contributed by atoms with van der Waals surface area (Å²) in [6, 6.07) is 21.8. The largest absolute Gasteiger partial charge is 0.352 e. The molecule has 1 heterocycles. The van der Waals surface area contributed by atoms with Gasteiger partial charge in [-0.3, -0.25) is 9.69 Å². The number of carbonyl (C=O) groups is 1. The lowest BCUT2D eigenvalue weighted by Crippen LogP contribution is -2.33. The van der Waals surface area contributed by atoms with Crippen LogP contribution in [0.5, 0.6) is 0 Å². The average Bonchev–Trinajstić information content (AvgIpc) is 3.24. The van der Waals surface area contributed by atoms with E-state index in [4.69, 9.17) is 0 Å². The molecule has 4 heteroatoms. The molecule has 1 saturated heterocycles. The molecule has 0 radical (unpaired) electrons. The number of carbonyl (C=O) groups excluding carboxylic acids is 1. The molecule has 2 aliphatic rings. The summed E-state index contributed by atoms with van der Waals surface area (Å²) in [7, 11) is 0. The van der Waals surface area contributed by atoms with Gasteiger partial charge in [-0.05, 0) is 52.8 Å². The van der Waals surface area contributed by atoms with Gasteiger partial charge in [-0.2, -0.15) is 0 Å². The van der Waals surface area contributed by atoms with Crippen LogP contribution in [0, 0.1) is 23.6 Å². The molecule has 3 aromatic carbocycles. The van der Waals surface area contributed by atoms with Crippen LogP contribution in [-0.4, -0.2) is 23.9 Å². The summed E-state index contributed by atoms with van der Waals surface area (Å²) in [5.74, 6) is 0.847. The molecular weight excluding hydrogens is 363 g/mol. The molecule has 0 bridgehead atoms. The maximum absolute atomic E-state index is 13.3. The summed E-state index contributed by atoms with van der Waals surface area (Å²) in [5, 5.41) is 5.58. The molecule has 1 unspecified atom stereocenters. The maximum atomic E-state index is 13.3. The lowest BCUT2D eigenvalue weighted by atomic mass is 9.98. The second kappa shape index (κ2) is 7.27. The van der Waals surface area contributed by atoms with Crippen molar-refractivity contribution in [1.29, 1.82) is 0 Å². The number of fused-ring (bicyclic) bond motifs is 2. The lowest BCUT2D eigenvalue weighted by Gasteiger charge is -2.28. The molecule has 2 fully saturated rings. The lowest BCUT2D eigenvalue weighted by molar-refractivity contribution is -0.123. The van der Waals surface area contributed by atoms with Crippen molar-refractivity contribution in [2.45, 2.75) is 19.5 Å². The minimum absolute atomic E-state index is 0.111. The first-order chi connectivity index (χ1) is 14.1. The minimum Gasteiger partial charge on any atom is -0.352 e. The van der Waals surface area contributed by atoms with Gasteiger partial charge < -0.3 is 5.32 Å². The number of piperidine rings is 1. The van der Waals surface area contributed by atoms with Crippen molar-refractivity contribution in [3.8, 4) is 0 Å². The van der Waals surface area contributed by atoms with Gasteiger partial charge in [0, 0.05) is 31.6 Å². The Morgan fingerprint density at radius 2 is 1.79 bits per heavy atom. The van der Waals surface area contributed by atoms with Crippen molar-refractivity contribution in [2.75, 3.05) is 13.1 Å². The fraction of sp³-hybridized carbons (Fsp3) is 0.320. The summed E-state index contributed by atoms with van der Waals surface area (Å²) in [6.45, 7) is 4.59. The van der Waals surface area contributed by atoms with Crippen LogP contribution >= 0.6 is 0 Å². The molecule has 5 rings (SSSR count). The molecular formula is C25H25FN2O. The van der Waals surface area contributed by atoms with E-state index in [9.17, 15) is 9.18 Å². The Morgan fingerprint density at radius 1 is 1.07 bits per heavy atom. The normalized spacial score (nSPS) is 24.3. The fourth-order valence-corrected chi connectivity index (χ4v) is 5.03. The molecule has 1 aliphatic carbocycles. The predicted octanol–water partition coefficient (Wildman–Crippen LogP) is 4.53. The quantitative estimate of drug-likeness (QED) is 0.696. The Bertz CT molecular complexity index is 1050. The minimum atomic E-state index is -0.266. The van der Waals surface area contributed by atoms with Gasteiger partial charge in [0.1, 0.15) is 5.82 Å². The molecule has 1 saturated carbocycles. The van der Waals surface area contributed by atoms with E-state index >= 15 is 0 Å². The SMILES string of the molecule is CC(c1cccc2ccccc12)N1C[C@@H]2[C@H](C1)[C@H]2C(=O)NCc1cccc(F)c1. The molecule has 3 nitrogen and oxygen atoms in total. The Labute approximate surface area is 170 Å². The molecule has 0 spiro atoms. The second-order valence-corrected chi connectivity index (χ2v) is 8.40. The summed E-state index contributed by atoms with van der Waals surface area (Å²) in [4.78, 5) is 15.1. The predicted molar refractivity (Wildman–Crippen MR) is 113 cm³/mol. The molecule has 3 aromatic rings. The van der Waals surface area contributed by atoms with Crippen molar-refractivity contribution in [3.05, 3.63) is 83.7 Å². The summed E-state index contributed by atoms with van der Waals surface area (Å²) in [5.41, 5.74) is 2.16. The Morgan fingerprint density at radius 3 is 2.59 bits per heavy atom. The van der Waals surface area contributed by atoms with Crippen LogP contribution in [0.4, 0.5) is 4.39 Å². The number of amides is 1. The molecule has 1 aliphatic heterocycles. The van der Waals surface area contributed by atoms with Crippen molar-refractivity contribution in [3.63, 3.8) is 0 Å². The summed E-state index contributed by atoms with van der Waals surface area (Å²) < 4.78 is 13.3. The highest BCUT2D eigenvalue weighted by atomic mass is 19.1. The van der Waals surface area contributed by atoms with Gasteiger partial charge in [-0.25, -0.2) is 4.39 Å². The van der Waals surface area contributed by atoms with Gasteiger partial charge >= 0.3 is 0 Å². The molecule has 148 valence electrons. The number of likely N-dealkylation sites (tertiary alicyclic amines) is 1. The highest BCUT2D eigenvalue weighted by molar-refractivity contribution is 5.86. The number of nitrogens with zero attached hydrogens (tertiary/aromatic N) is 1. The monoisotopic (exact) mass is 388 g/mol. The average molecular weight is 388 g/mol. The van der Waals surface area contributed by atoms with Crippen LogP contribution in [-0.2, 0) is 11.3 Å². The van der Waals surface area contributed by atoms with E-state index in [1.807, 2.05) is 6.07 Å². The molecule has 1 amide bonds. The maximum Gasteiger partial charge on any atom is 0.224 e. The highest BCUT2D eigenvalue weighted by Crippen LogP contribution is 2.53. The van der Waals surface area contributed by atoms with Crippen LogP contribution in [0.15, 0.2) is 66.7 Å². The topological polar surface area (TPSA) is 32.3 Å². The van der Waals surface area contributed by atoms with Gasteiger partial charge in [0.15, 0.2) is 0 Å². The van der Waals surface area contributed by atoms with Gasteiger partial charge in [0.25, 0.3) is 0 Å². The highest BCUT2D eigenvalue weighted by Gasteiger charge is 2.59. The van der Waals surface area contributed by atoms with E-state index in [0.29, 0.717) is 24.4 Å². The van der Waals surface area contributed by atoms with Gasteiger partial charge in [0.2, 0.25) is 5.91 Å². The van der Waals surface area contributed by atoms with Crippen LogP contribution in [0.1, 0.15) is 24.1 Å². The number of hydrogen-bond donors (Lipinski definition) is 1. The van der Waals surface area contributed by atoms with E-state index in [-0.39, 0.29) is 17.6 Å². The van der Waals surface area contributed by atoms with Crippen LogP contribution in [0.25, 0.3) is 10.8 Å². The third kappa shape index (κ3) is 3.42. The van der Waals surface area contributed by atoms with Crippen LogP contribution in [0.2, 0.25) is 0 Å². The molecule has 1 N–H and O–H groups in total. The van der Waals surface area contributed by atoms with E-state index < -0.39 is 0 Å². The first kappa shape index (κ1) is 18.3. The Kier molecular flexibility index (Phi) is 4.59. The van der Waals surface area contributed by atoms with Gasteiger partial charge in [0.05, 0.1) is 0 Å². The molecule has 29 heavy (non-hydrogen) atoms. The van der Waals surface area contributed by atoms with E-state index in [0.717, 1.165) is 18.7 Å². The Hall–Kier alpha value is -2.72. The number of benzene rings is 3. The third-order valence-corrected chi connectivity index (χ3v) is 6.70. The number of halogens is 1. The molecule has 0 aromatic heterocycles. The van der Waals surface area contributed by atoms with E-state index in [1.54, 1.807) is 6.07 Å². The molecule has 4 atom stereocenters. The summed E-state index contributed by atoms with van der Waals surface area (Å²) >= 11 is 0. The zero-order chi connectivity index (χ0) is 20.0.